The number of amidine groups is 1. The number of ether oxygens (including phenoxy) is 1. The number of rotatable bonds is 2. The molecule has 0 amide bonds. The molecule has 28 heavy (non-hydrogen) atoms. The van der Waals surface area contributed by atoms with Crippen LogP contribution in [0, 0.1) is 0 Å². The van der Waals surface area contributed by atoms with Gasteiger partial charge in [-0.3, -0.25) is 0 Å². The van der Waals surface area contributed by atoms with Gasteiger partial charge in [0.25, 0.3) is 6.02 Å². The van der Waals surface area contributed by atoms with Gasteiger partial charge in [0, 0.05) is 16.3 Å². The van der Waals surface area contributed by atoms with Crippen molar-refractivity contribution in [3.8, 4) is 0 Å². The molecule has 4 nitrogen and oxygen atoms in total. The molecule has 3 N–H and O–H groups in total. The second-order valence-electron chi connectivity index (χ2n) is 7.17. The van der Waals surface area contributed by atoms with Gasteiger partial charge in [0.15, 0.2) is 6.10 Å². The molecular weight excluding hydrogens is 370 g/mol. The summed E-state index contributed by atoms with van der Waals surface area (Å²) in [5, 5.41) is 4.02. The standard InChI is InChI=1S/C23H20ClN3O/c24-16-11-8-15(9-12-16)22-21-18(25)6-3-7-20(21)27-23(28-22)26-19-13-10-14-4-1-2-5-17(14)19/h1-9,11-12,19,22H,10,13,25H2,(H,26,27)/t19-,22?/m1/s1. The van der Waals surface area contributed by atoms with Gasteiger partial charge in [0.05, 0.1) is 11.7 Å². The largest absolute Gasteiger partial charge is 0.452 e. The van der Waals surface area contributed by atoms with Gasteiger partial charge in [-0.05, 0) is 53.8 Å². The number of aryl methyl sites for hydroxylation is 1. The lowest BCUT2D eigenvalue weighted by Crippen LogP contribution is -2.28. The lowest BCUT2D eigenvalue weighted by molar-refractivity contribution is 0.225. The SMILES string of the molecule is Nc1cccc2c1C(c1ccc(Cl)cc1)OC(=N[C@@H]1CCc3ccccc31)N2. The first-order valence-corrected chi connectivity index (χ1v) is 9.80. The summed E-state index contributed by atoms with van der Waals surface area (Å²) in [5.74, 6) is 0. The number of hydrogen-bond acceptors (Lipinski definition) is 3. The third-order valence-electron chi connectivity index (χ3n) is 5.42. The van der Waals surface area contributed by atoms with Crippen LogP contribution in [0.1, 0.15) is 40.8 Å². The molecule has 140 valence electrons. The van der Waals surface area contributed by atoms with E-state index in [9.17, 15) is 0 Å². The summed E-state index contributed by atoms with van der Waals surface area (Å²) in [7, 11) is 0. The van der Waals surface area contributed by atoms with Crippen molar-refractivity contribution in [3.05, 3.63) is 94.0 Å². The number of anilines is 2. The average Bonchev–Trinajstić information content (AvgIpc) is 3.11. The van der Waals surface area contributed by atoms with Crippen LogP contribution in [-0.2, 0) is 11.2 Å². The van der Waals surface area contributed by atoms with E-state index >= 15 is 0 Å². The summed E-state index contributed by atoms with van der Waals surface area (Å²) in [5.41, 5.74) is 12.5. The van der Waals surface area contributed by atoms with Crippen LogP contribution in [0.2, 0.25) is 5.02 Å². The van der Waals surface area contributed by atoms with Gasteiger partial charge >= 0.3 is 0 Å². The molecule has 1 aliphatic heterocycles. The first-order valence-electron chi connectivity index (χ1n) is 9.42. The Bertz CT molecular complexity index is 1060. The van der Waals surface area contributed by atoms with E-state index in [0.717, 1.165) is 29.7 Å². The highest BCUT2D eigenvalue weighted by molar-refractivity contribution is 6.30. The number of nitrogen functional groups attached to an aromatic ring is 1. The molecule has 0 spiro atoms. The highest BCUT2D eigenvalue weighted by Crippen LogP contribution is 2.41. The van der Waals surface area contributed by atoms with Crippen LogP contribution in [0.25, 0.3) is 0 Å². The highest BCUT2D eigenvalue weighted by Gasteiger charge is 2.30. The summed E-state index contributed by atoms with van der Waals surface area (Å²) in [6.07, 6.45) is 1.70. The Hall–Kier alpha value is -2.98. The van der Waals surface area contributed by atoms with Crippen LogP contribution >= 0.6 is 11.6 Å². The van der Waals surface area contributed by atoms with Crippen LogP contribution in [0.4, 0.5) is 11.4 Å². The average molecular weight is 390 g/mol. The van der Waals surface area contributed by atoms with Gasteiger partial charge in [-0.15, -0.1) is 0 Å². The molecule has 0 aromatic heterocycles. The predicted octanol–water partition coefficient (Wildman–Crippen LogP) is 5.50. The molecule has 0 saturated carbocycles. The van der Waals surface area contributed by atoms with Crippen molar-refractivity contribution in [1.29, 1.82) is 0 Å². The number of hydrogen-bond donors (Lipinski definition) is 2. The van der Waals surface area contributed by atoms with E-state index in [1.807, 2.05) is 42.5 Å². The van der Waals surface area contributed by atoms with Crippen LogP contribution < -0.4 is 11.1 Å². The fraction of sp³-hybridized carbons (Fsp3) is 0.174. The zero-order valence-electron chi connectivity index (χ0n) is 15.2. The zero-order valence-corrected chi connectivity index (χ0v) is 16.0. The van der Waals surface area contributed by atoms with Gasteiger partial charge < -0.3 is 15.8 Å². The number of halogens is 1. The Kier molecular flexibility index (Phi) is 4.21. The number of nitrogens with one attached hydrogen (secondary N) is 1. The summed E-state index contributed by atoms with van der Waals surface area (Å²) in [6, 6.07) is 22.6. The molecule has 3 aromatic carbocycles. The maximum Gasteiger partial charge on any atom is 0.290 e. The van der Waals surface area contributed by atoms with E-state index in [1.54, 1.807) is 0 Å². The molecule has 1 heterocycles. The number of fused-ring (bicyclic) bond motifs is 2. The van der Waals surface area contributed by atoms with E-state index in [2.05, 4.69) is 29.6 Å². The molecule has 1 aliphatic carbocycles. The first-order chi connectivity index (χ1) is 13.7. The van der Waals surface area contributed by atoms with Gasteiger partial charge in [0.1, 0.15) is 0 Å². The summed E-state index contributed by atoms with van der Waals surface area (Å²) in [4.78, 5) is 4.91. The number of benzene rings is 3. The third-order valence-corrected chi connectivity index (χ3v) is 5.67. The second-order valence-corrected chi connectivity index (χ2v) is 7.61. The maximum atomic E-state index is 6.31. The first kappa shape index (κ1) is 17.1. The van der Waals surface area contributed by atoms with Crippen LogP contribution in [0.3, 0.4) is 0 Å². The molecule has 3 aromatic rings. The fourth-order valence-corrected chi connectivity index (χ4v) is 4.17. The zero-order chi connectivity index (χ0) is 19.1. The van der Waals surface area contributed by atoms with Crippen molar-refractivity contribution in [1.82, 2.24) is 0 Å². The van der Waals surface area contributed by atoms with Gasteiger partial charge in [-0.25, -0.2) is 4.99 Å². The normalized spacial score (nSPS) is 21.5. The minimum Gasteiger partial charge on any atom is -0.452 e. The molecule has 5 rings (SSSR count). The predicted molar refractivity (Wildman–Crippen MR) is 114 cm³/mol. The van der Waals surface area contributed by atoms with E-state index in [1.165, 1.54) is 11.1 Å². The van der Waals surface area contributed by atoms with Crippen molar-refractivity contribution < 1.29 is 4.74 Å². The third kappa shape index (κ3) is 3.00. The Morgan fingerprint density at radius 3 is 2.68 bits per heavy atom. The summed E-state index contributed by atoms with van der Waals surface area (Å²) < 4.78 is 6.31. The molecular formula is C23H20ClN3O. The molecule has 2 atom stereocenters. The lowest BCUT2D eigenvalue weighted by Gasteiger charge is -2.30. The number of nitrogens with zero attached hydrogens (tertiary/aromatic N) is 1. The van der Waals surface area contributed by atoms with Crippen molar-refractivity contribution >= 4 is 29.0 Å². The molecule has 5 heteroatoms. The fourth-order valence-electron chi connectivity index (χ4n) is 4.05. The van der Waals surface area contributed by atoms with E-state index in [4.69, 9.17) is 27.1 Å². The monoisotopic (exact) mass is 389 g/mol. The summed E-state index contributed by atoms with van der Waals surface area (Å²) >= 11 is 6.07. The van der Waals surface area contributed by atoms with Gasteiger partial charge in [-0.2, -0.15) is 0 Å². The molecule has 2 aliphatic rings. The van der Waals surface area contributed by atoms with Gasteiger partial charge in [-0.1, -0.05) is 54.1 Å². The Balaban J connectivity index is 1.55. The van der Waals surface area contributed by atoms with Crippen molar-refractivity contribution in [2.45, 2.75) is 25.0 Å². The Labute approximate surface area is 169 Å². The van der Waals surface area contributed by atoms with Gasteiger partial charge in [0.2, 0.25) is 0 Å². The lowest BCUT2D eigenvalue weighted by atomic mass is 9.97. The smallest absolute Gasteiger partial charge is 0.290 e. The maximum absolute atomic E-state index is 6.31. The Morgan fingerprint density at radius 1 is 1.00 bits per heavy atom. The van der Waals surface area contributed by atoms with E-state index < -0.39 is 0 Å². The number of aliphatic imine (C=N–C) groups is 1. The topological polar surface area (TPSA) is 59.6 Å². The van der Waals surface area contributed by atoms with Crippen LogP contribution in [-0.4, -0.2) is 6.02 Å². The minimum atomic E-state index is -0.329. The van der Waals surface area contributed by atoms with E-state index in [-0.39, 0.29) is 12.1 Å². The highest BCUT2D eigenvalue weighted by atomic mass is 35.5. The second kappa shape index (κ2) is 6.88. The minimum absolute atomic E-state index is 0.104. The quantitative estimate of drug-likeness (QED) is 0.569. The van der Waals surface area contributed by atoms with Crippen molar-refractivity contribution in [2.75, 3.05) is 11.1 Å². The van der Waals surface area contributed by atoms with Crippen molar-refractivity contribution in [3.63, 3.8) is 0 Å². The molecule has 0 fully saturated rings. The Morgan fingerprint density at radius 2 is 1.82 bits per heavy atom. The summed E-state index contributed by atoms with van der Waals surface area (Å²) in [6.45, 7) is 0. The molecule has 1 unspecified atom stereocenters. The molecule has 0 radical (unpaired) electrons. The van der Waals surface area contributed by atoms with Crippen molar-refractivity contribution in [2.24, 2.45) is 4.99 Å². The molecule has 0 bridgehead atoms. The van der Waals surface area contributed by atoms with Crippen LogP contribution in [0.5, 0.6) is 0 Å². The molecule has 0 saturated heterocycles. The van der Waals surface area contributed by atoms with E-state index in [0.29, 0.717) is 16.7 Å². The van der Waals surface area contributed by atoms with Crippen LogP contribution in [0.15, 0.2) is 71.7 Å². The number of nitrogens with two attached hydrogens (primary N) is 1.